The number of ether oxygens (including phenoxy) is 1. The maximum absolute atomic E-state index is 12.0. The number of aryl methyl sites for hydroxylation is 1. The molecule has 0 aliphatic carbocycles. The first kappa shape index (κ1) is 15.0. The van der Waals surface area contributed by atoms with Crippen molar-refractivity contribution in [3.8, 4) is 5.75 Å². The second kappa shape index (κ2) is 6.78. The molecule has 1 atom stereocenters. The van der Waals surface area contributed by atoms with Crippen LogP contribution in [0.4, 0.5) is 0 Å². The van der Waals surface area contributed by atoms with Gasteiger partial charge in [0.1, 0.15) is 11.8 Å². The van der Waals surface area contributed by atoms with Gasteiger partial charge in [-0.1, -0.05) is 19.4 Å². The highest BCUT2D eigenvalue weighted by Crippen LogP contribution is 2.19. The summed E-state index contributed by atoms with van der Waals surface area (Å²) < 4.78 is 5.14. The molecule has 5 nitrogen and oxygen atoms in total. The summed E-state index contributed by atoms with van der Waals surface area (Å²) in [5.74, 6) is -0.816. The average Bonchev–Trinajstić information content (AvgIpc) is 2.38. The molecule has 0 spiro atoms. The van der Waals surface area contributed by atoms with Gasteiger partial charge in [0.05, 0.1) is 7.11 Å². The Hall–Kier alpha value is -2.04. The molecule has 0 heterocycles. The fraction of sp³-hybridized carbons (Fsp3) is 0.429. The number of carbonyl (C=O) groups excluding carboxylic acids is 1. The fourth-order valence-corrected chi connectivity index (χ4v) is 1.75. The van der Waals surface area contributed by atoms with Crippen molar-refractivity contribution in [1.29, 1.82) is 0 Å². The van der Waals surface area contributed by atoms with Crippen LogP contribution in [0.25, 0.3) is 0 Å². The standard InChI is InChI=1S/C14H19NO4/c1-4-5-11(14(17)18)15-13(16)10-7-6-9(2)12(8-10)19-3/h6-8,11H,4-5H2,1-3H3,(H,15,16)(H,17,18)/t11-/m1/s1. The molecule has 0 bridgehead atoms. The molecule has 1 rings (SSSR count). The average molecular weight is 265 g/mol. The number of carbonyl (C=O) groups is 2. The number of carboxylic acid groups (broad SMARTS) is 1. The summed E-state index contributed by atoms with van der Waals surface area (Å²) in [5.41, 5.74) is 1.31. The van der Waals surface area contributed by atoms with E-state index in [0.717, 1.165) is 5.56 Å². The van der Waals surface area contributed by atoms with Crippen LogP contribution in [0, 0.1) is 6.92 Å². The summed E-state index contributed by atoms with van der Waals surface area (Å²) in [6.45, 7) is 3.74. The lowest BCUT2D eigenvalue weighted by Gasteiger charge is -2.14. The first-order chi connectivity index (χ1) is 8.99. The van der Waals surface area contributed by atoms with Gasteiger partial charge in [-0.05, 0) is 31.0 Å². The van der Waals surface area contributed by atoms with Crippen LogP contribution < -0.4 is 10.1 Å². The number of hydrogen-bond acceptors (Lipinski definition) is 3. The number of benzene rings is 1. The minimum Gasteiger partial charge on any atom is -0.496 e. The summed E-state index contributed by atoms with van der Waals surface area (Å²) in [4.78, 5) is 23.0. The fourth-order valence-electron chi connectivity index (χ4n) is 1.75. The van der Waals surface area contributed by atoms with Crippen LogP contribution in [0.5, 0.6) is 5.75 Å². The summed E-state index contributed by atoms with van der Waals surface area (Å²) in [6.07, 6.45) is 1.10. The lowest BCUT2D eigenvalue weighted by Crippen LogP contribution is -2.40. The Labute approximate surface area is 112 Å². The Morgan fingerprint density at radius 3 is 2.63 bits per heavy atom. The maximum atomic E-state index is 12.0. The third kappa shape index (κ3) is 3.98. The molecule has 0 aromatic heterocycles. The highest BCUT2D eigenvalue weighted by Gasteiger charge is 2.19. The summed E-state index contributed by atoms with van der Waals surface area (Å²) in [6, 6.07) is 4.17. The van der Waals surface area contributed by atoms with E-state index in [0.29, 0.717) is 24.2 Å². The number of rotatable bonds is 6. The van der Waals surface area contributed by atoms with Gasteiger partial charge in [0.15, 0.2) is 0 Å². The van der Waals surface area contributed by atoms with Gasteiger partial charge in [-0.15, -0.1) is 0 Å². The number of aliphatic carboxylic acids is 1. The summed E-state index contributed by atoms with van der Waals surface area (Å²) in [5, 5.41) is 11.5. The van der Waals surface area contributed by atoms with Gasteiger partial charge in [-0.25, -0.2) is 4.79 Å². The molecule has 5 heteroatoms. The highest BCUT2D eigenvalue weighted by atomic mass is 16.5. The number of hydrogen-bond donors (Lipinski definition) is 2. The van der Waals surface area contributed by atoms with E-state index in [2.05, 4.69) is 5.32 Å². The second-order valence-corrected chi connectivity index (χ2v) is 4.34. The Balaban J connectivity index is 2.85. The highest BCUT2D eigenvalue weighted by molar-refractivity contribution is 5.97. The Bertz CT molecular complexity index is 471. The van der Waals surface area contributed by atoms with E-state index in [-0.39, 0.29) is 0 Å². The van der Waals surface area contributed by atoms with Crippen molar-refractivity contribution in [2.24, 2.45) is 0 Å². The first-order valence-corrected chi connectivity index (χ1v) is 6.17. The molecule has 0 saturated carbocycles. The number of methoxy groups -OCH3 is 1. The zero-order chi connectivity index (χ0) is 14.4. The van der Waals surface area contributed by atoms with Gasteiger partial charge in [0.2, 0.25) is 0 Å². The van der Waals surface area contributed by atoms with E-state index < -0.39 is 17.9 Å². The number of carboxylic acids is 1. The largest absolute Gasteiger partial charge is 0.496 e. The Morgan fingerprint density at radius 2 is 2.11 bits per heavy atom. The van der Waals surface area contributed by atoms with E-state index in [1.165, 1.54) is 7.11 Å². The smallest absolute Gasteiger partial charge is 0.326 e. The molecule has 104 valence electrons. The van der Waals surface area contributed by atoms with E-state index in [4.69, 9.17) is 9.84 Å². The lowest BCUT2D eigenvalue weighted by molar-refractivity contribution is -0.139. The van der Waals surface area contributed by atoms with Gasteiger partial charge < -0.3 is 15.2 Å². The topological polar surface area (TPSA) is 75.6 Å². The van der Waals surface area contributed by atoms with Crippen molar-refractivity contribution in [3.05, 3.63) is 29.3 Å². The van der Waals surface area contributed by atoms with Crippen molar-refractivity contribution in [2.75, 3.05) is 7.11 Å². The molecule has 1 amide bonds. The molecule has 19 heavy (non-hydrogen) atoms. The zero-order valence-electron chi connectivity index (χ0n) is 11.4. The molecule has 2 N–H and O–H groups in total. The molecule has 0 radical (unpaired) electrons. The van der Waals surface area contributed by atoms with Crippen molar-refractivity contribution >= 4 is 11.9 Å². The van der Waals surface area contributed by atoms with Crippen LogP contribution in [0.2, 0.25) is 0 Å². The Morgan fingerprint density at radius 1 is 1.42 bits per heavy atom. The zero-order valence-corrected chi connectivity index (χ0v) is 11.4. The van der Waals surface area contributed by atoms with Gasteiger partial charge in [-0.3, -0.25) is 4.79 Å². The van der Waals surface area contributed by atoms with E-state index >= 15 is 0 Å². The molecule has 1 aromatic carbocycles. The molecule has 0 unspecified atom stereocenters. The monoisotopic (exact) mass is 265 g/mol. The number of nitrogens with one attached hydrogen (secondary N) is 1. The molecule has 0 aliphatic heterocycles. The van der Waals surface area contributed by atoms with Crippen LogP contribution in [0.3, 0.4) is 0 Å². The van der Waals surface area contributed by atoms with E-state index in [9.17, 15) is 9.59 Å². The van der Waals surface area contributed by atoms with Crippen LogP contribution >= 0.6 is 0 Å². The Kier molecular flexibility index (Phi) is 5.36. The third-order valence-electron chi connectivity index (χ3n) is 2.85. The quantitative estimate of drug-likeness (QED) is 0.824. The van der Waals surface area contributed by atoms with Gasteiger partial charge >= 0.3 is 5.97 Å². The second-order valence-electron chi connectivity index (χ2n) is 4.34. The van der Waals surface area contributed by atoms with Crippen molar-refractivity contribution in [1.82, 2.24) is 5.32 Å². The SMILES string of the molecule is CCC[C@@H](NC(=O)c1ccc(C)c(OC)c1)C(=O)O. The van der Waals surface area contributed by atoms with Crippen molar-refractivity contribution < 1.29 is 19.4 Å². The van der Waals surface area contributed by atoms with Gasteiger partial charge in [0.25, 0.3) is 5.91 Å². The normalized spacial score (nSPS) is 11.7. The summed E-state index contributed by atoms with van der Waals surface area (Å²) in [7, 11) is 1.53. The van der Waals surface area contributed by atoms with E-state index in [1.54, 1.807) is 18.2 Å². The minimum absolute atomic E-state index is 0.393. The molecule has 0 aliphatic rings. The maximum Gasteiger partial charge on any atom is 0.326 e. The van der Waals surface area contributed by atoms with Crippen molar-refractivity contribution in [2.45, 2.75) is 32.7 Å². The molecular formula is C14H19NO4. The van der Waals surface area contributed by atoms with Crippen LogP contribution in [-0.2, 0) is 4.79 Å². The third-order valence-corrected chi connectivity index (χ3v) is 2.85. The molecule has 0 fully saturated rings. The first-order valence-electron chi connectivity index (χ1n) is 6.17. The van der Waals surface area contributed by atoms with E-state index in [1.807, 2.05) is 13.8 Å². The predicted molar refractivity (Wildman–Crippen MR) is 71.5 cm³/mol. The predicted octanol–water partition coefficient (Wildman–Crippen LogP) is 1.99. The lowest BCUT2D eigenvalue weighted by atomic mass is 10.1. The van der Waals surface area contributed by atoms with Gasteiger partial charge in [0, 0.05) is 5.56 Å². The van der Waals surface area contributed by atoms with Crippen LogP contribution in [-0.4, -0.2) is 30.1 Å². The number of amides is 1. The van der Waals surface area contributed by atoms with Crippen molar-refractivity contribution in [3.63, 3.8) is 0 Å². The molecular weight excluding hydrogens is 246 g/mol. The van der Waals surface area contributed by atoms with Crippen LogP contribution in [0.1, 0.15) is 35.7 Å². The van der Waals surface area contributed by atoms with Gasteiger partial charge in [-0.2, -0.15) is 0 Å². The summed E-state index contributed by atoms with van der Waals surface area (Å²) >= 11 is 0. The molecule has 1 aromatic rings. The van der Waals surface area contributed by atoms with Crippen LogP contribution in [0.15, 0.2) is 18.2 Å². The molecule has 0 saturated heterocycles. The minimum atomic E-state index is -1.02.